The first-order valence-electron chi connectivity index (χ1n) is 15.8. The van der Waals surface area contributed by atoms with E-state index in [4.69, 9.17) is 4.74 Å². The summed E-state index contributed by atoms with van der Waals surface area (Å²) in [5, 5.41) is 9.67. The summed E-state index contributed by atoms with van der Waals surface area (Å²) in [6, 6.07) is 17.0. The maximum Gasteiger partial charge on any atom is 0.338 e. The second-order valence-corrected chi connectivity index (χ2v) is 15.2. The van der Waals surface area contributed by atoms with Crippen molar-refractivity contribution in [2.45, 2.75) is 81.2 Å². The lowest BCUT2D eigenvalue weighted by Crippen LogP contribution is -2.48. The number of halogens is 1. The molecule has 1 aliphatic heterocycles. The highest BCUT2D eigenvalue weighted by atomic mass is 32.2. The van der Waals surface area contributed by atoms with Crippen molar-refractivity contribution in [3.8, 4) is 16.9 Å². The van der Waals surface area contributed by atoms with E-state index in [9.17, 15) is 22.7 Å². The Morgan fingerprint density at radius 1 is 0.977 bits per heavy atom. The highest BCUT2D eigenvalue weighted by Crippen LogP contribution is 2.57. The average molecular weight is 619 g/mol. The predicted molar refractivity (Wildman–Crippen MR) is 167 cm³/mol. The van der Waals surface area contributed by atoms with Gasteiger partial charge in [-0.2, -0.15) is 4.31 Å². The molecule has 3 fully saturated rings. The molecule has 0 radical (unpaired) electrons. The third-order valence-corrected chi connectivity index (χ3v) is 12.6. The van der Waals surface area contributed by atoms with Crippen LogP contribution in [-0.2, 0) is 10.0 Å². The van der Waals surface area contributed by atoms with Crippen molar-refractivity contribution in [1.82, 2.24) is 4.31 Å². The van der Waals surface area contributed by atoms with Gasteiger partial charge in [0.25, 0.3) is 0 Å². The van der Waals surface area contributed by atoms with Crippen molar-refractivity contribution < 1.29 is 27.4 Å². The number of hydrogen-bond donors (Lipinski definition) is 1. The van der Waals surface area contributed by atoms with Gasteiger partial charge < -0.3 is 14.7 Å². The zero-order valence-electron chi connectivity index (χ0n) is 25.0. The number of hydrogen-bond acceptors (Lipinski definition) is 5. The molecule has 0 amide bonds. The molecule has 1 spiro atoms. The lowest BCUT2D eigenvalue weighted by atomic mass is 9.55. The summed E-state index contributed by atoms with van der Waals surface area (Å²) in [6.07, 6.45) is 10.9. The van der Waals surface area contributed by atoms with Crippen LogP contribution in [0.5, 0.6) is 5.75 Å². The summed E-state index contributed by atoms with van der Waals surface area (Å²) in [5.74, 6) is -1.50. The number of carboxylic acids is 1. The minimum Gasteiger partial charge on any atom is -0.490 e. The van der Waals surface area contributed by atoms with E-state index in [1.165, 1.54) is 37.8 Å². The fraction of sp³-hybridized carbons (Fsp3) is 0.457. The van der Waals surface area contributed by atoms with Crippen LogP contribution in [0.15, 0.2) is 65.6 Å². The van der Waals surface area contributed by atoms with Crippen LogP contribution in [0.25, 0.3) is 11.1 Å². The van der Waals surface area contributed by atoms with Crippen molar-refractivity contribution in [2.24, 2.45) is 11.3 Å². The number of ether oxygens (including phenoxy) is 1. The van der Waals surface area contributed by atoms with E-state index in [-0.39, 0.29) is 23.0 Å². The molecule has 1 atom stereocenters. The van der Waals surface area contributed by atoms with Crippen molar-refractivity contribution in [2.75, 3.05) is 18.5 Å². The Balaban J connectivity index is 1.40. The Bertz CT molecular complexity index is 1680. The van der Waals surface area contributed by atoms with Crippen LogP contribution in [0, 0.1) is 17.2 Å². The smallest absolute Gasteiger partial charge is 0.338 e. The van der Waals surface area contributed by atoms with Gasteiger partial charge in [-0.15, -0.1) is 0 Å². The van der Waals surface area contributed by atoms with E-state index in [1.807, 2.05) is 36.4 Å². The first-order valence-corrected chi connectivity index (χ1v) is 17.3. The number of likely N-dealkylation sites (N-methyl/N-ethyl adjacent to an activating group) is 1. The molecule has 4 aliphatic rings. The molecule has 3 aromatic rings. The monoisotopic (exact) mass is 618 g/mol. The molecule has 3 saturated carbocycles. The summed E-state index contributed by atoms with van der Waals surface area (Å²) in [5.41, 5.74) is 2.17. The van der Waals surface area contributed by atoms with Gasteiger partial charge in [-0.25, -0.2) is 17.6 Å². The Morgan fingerprint density at radius 2 is 1.70 bits per heavy atom. The lowest BCUT2D eigenvalue weighted by Gasteiger charge is -2.53. The molecule has 1 N–H and O–H groups in total. The fourth-order valence-corrected chi connectivity index (χ4v) is 9.56. The molecule has 0 unspecified atom stereocenters. The van der Waals surface area contributed by atoms with Crippen LogP contribution < -0.4 is 9.64 Å². The van der Waals surface area contributed by atoms with Crippen molar-refractivity contribution >= 4 is 27.4 Å². The molecule has 232 valence electrons. The molecule has 0 bridgehead atoms. The largest absolute Gasteiger partial charge is 0.490 e. The van der Waals surface area contributed by atoms with E-state index in [2.05, 4.69) is 4.90 Å². The van der Waals surface area contributed by atoms with E-state index in [1.54, 1.807) is 17.4 Å². The molecule has 0 aromatic heterocycles. The van der Waals surface area contributed by atoms with Crippen LogP contribution in [-0.4, -0.2) is 49.5 Å². The van der Waals surface area contributed by atoms with Crippen LogP contribution in [0.4, 0.5) is 15.8 Å². The summed E-state index contributed by atoms with van der Waals surface area (Å²) < 4.78 is 51.7. The number of carbonyl (C=O) groups is 1. The zero-order valence-corrected chi connectivity index (χ0v) is 25.9. The van der Waals surface area contributed by atoms with Gasteiger partial charge in [0.15, 0.2) is 0 Å². The van der Waals surface area contributed by atoms with Crippen molar-refractivity contribution in [1.29, 1.82) is 0 Å². The molecule has 44 heavy (non-hydrogen) atoms. The minimum atomic E-state index is -3.97. The normalized spacial score (nSPS) is 23.3. The van der Waals surface area contributed by atoms with E-state index < -0.39 is 27.4 Å². The molecule has 7 nitrogen and oxygen atoms in total. The van der Waals surface area contributed by atoms with Gasteiger partial charge >= 0.3 is 5.97 Å². The van der Waals surface area contributed by atoms with Crippen molar-refractivity contribution in [3.05, 3.63) is 72.0 Å². The summed E-state index contributed by atoms with van der Waals surface area (Å²) in [4.78, 5) is 14.1. The van der Waals surface area contributed by atoms with Gasteiger partial charge in [0.1, 0.15) is 16.5 Å². The average Bonchev–Trinajstić information content (AvgIpc) is 3.06. The number of nitrogens with zero attached hydrogens (tertiary/aromatic N) is 2. The number of rotatable bonds is 6. The van der Waals surface area contributed by atoms with Gasteiger partial charge in [-0.1, -0.05) is 49.9 Å². The van der Waals surface area contributed by atoms with Gasteiger partial charge in [0, 0.05) is 37.0 Å². The predicted octanol–water partition coefficient (Wildman–Crippen LogP) is 7.62. The summed E-state index contributed by atoms with van der Waals surface area (Å²) >= 11 is 0. The number of sulfonamides is 1. The second-order valence-electron chi connectivity index (χ2n) is 13.3. The van der Waals surface area contributed by atoms with Crippen LogP contribution in [0.2, 0.25) is 0 Å². The standard InChI is InChI=1S/C35H39FN2O5S/c1-37-31(23-9-4-2-5-10-23)22-38(25-11-6-3-7-12-25)30-19-32(43-26-20-35(21-26)15-8-16-35)27(18-33(30)44(37,41)42)24-13-14-29(36)28(17-24)34(39)40/h3,6-7,11-14,17-19,23,26,31H,2,4-5,8-10,15-16,20-22H2,1H3,(H,39,40)/t31-/m0/s1. The van der Waals surface area contributed by atoms with E-state index >= 15 is 0 Å². The van der Waals surface area contributed by atoms with Crippen LogP contribution in [0.3, 0.4) is 0 Å². The number of carboxylic acid groups (broad SMARTS) is 1. The van der Waals surface area contributed by atoms with E-state index in [0.717, 1.165) is 50.3 Å². The number of anilines is 2. The number of para-hydroxylation sites is 1. The molecule has 0 saturated heterocycles. The summed E-state index contributed by atoms with van der Waals surface area (Å²) in [7, 11) is -2.28. The molecule has 9 heteroatoms. The van der Waals surface area contributed by atoms with E-state index in [0.29, 0.717) is 34.5 Å². The first kappa shape index (κ1) is 29.3. The SMILES string of the molecule is CN1[C@H](C2CCCCC2)CN(c2ccccc2)c2cc(OC3CC4(CCC4)C3)c(-c3ccc(F)c(C(=O)O)c3)cc2S1(=O)=O. The highest BCUT2D eigenvalue weighted by molar-refractivity contribution is 7.89. The van der Waals surface area contributed by atoms with Gasteiger partial charge in [-0.05, 0) is 85.8 Å². The van der Waals surface area contributed by atoms with Crippen LogP contribution >= 0.6 is 0 Å². The van der Waals surface area contributed by atoms with Gasteiger partial charge in [0.05, 0.1) is 17.4 Å². The zero-order chi connectivity index (χ0) is 30.6. The second kappa shape index (κ2) is 11.2. The molecule has 7 rings (SSSR count). The number of fused-ring (bicyclic) bond motifs is 1. The van der Waals surface area contributed by atoms with Crippen molar-refractivity contribution in [3.63, 3.8) is 0 Å². The Labute approximate surface area is 258 Å². The molecule has 3 aliphatic carbocycles. The quantitative estimate of drug-likeness (QED) is 0.306. The van der Waals surface area contributed by atoms with Crippen LogP contribution in [0.1, 0.15) is 74.6 Å². The maximum atomic E-state index is 14.5. The Kier molecular flexibility index (Phi) is 7.44. The third-order valence-electron chi connectivity index (χ3n) is 10.6. The molecule has 1 heterocycles. The summed E-state index contributed by atoms with van der Waals surface area (Å²) in [6.45, 7) is 0.502. The molecular weight excluding hydrogens is 579 g/mol. The third kappa shape index (κ3) is 5.08. The van der Waals surface area contributed by atoms with Gasteiger partial charge in [-0.3, -0.25) is 0 Å². The van der Waals surface area contributed by atoms with Gasteiger partial charge in [0.2, 0.25) is 10.0 Å². The minimum absolute atomic E-state index is 0.0169. The first-order chi connectivity index (χ1) is 21.1. The highest BCUT2D eigenvalue weighted by Gasteiger charge is 2.50. The number of aromatic carboxylic acids is 1. The fourth-order valence-electron chi connectivity index (χ4n) is 7.95. The lowest BCUT2D eigenvalue weighted by molar-refractivity contribution is -0.0679. The molecule has 3 aromatic carbocycles. The maximum absolute atomic E-state index is 14.5. The molecular formula is C35H39FN2O5S. The Morgan fingerprint density at radius 3 is 2.36 bits per heavy atom. The number of benzene rings is 3. The topological polar surface area (TPSA) is 87.2 Å². The Hall–Kier alpha value is -3.43.